The number of benzene rings is 1. The normalized spacial score (nSPS) is 11.6. The van der Waals surface area contributed by atoms with E-state index in [1.54, 1.807) is 20.3 Å². The minimum Gasteiger partial charge on any atom is -0.497 e. The predicted molar refractivity (Wildman–Crippen MR) is 89.5 cm³/mol. The van der Waals surface area contributed by atoms with Gasteiger partial charge in [-0.2, -0.15) is 0 Å². The molecule has 0 aromatic heterocycles. The van der Waals surface area contributed by atoms with Gasteiger partial charge in [-0.15, -0.1) is 0 Å². The van der Waals surface area contributed by atoms with Gasteiger partial charge in [0.2, 0.25) is 0 Å². The van der Waals surface area contributed by atoms with E-state index >= 15 is 0 Å². The molecule has 0 aliphatic rings. The Morgan fingerprint density at radius 1 is 1.17 bits per heavy atom. The summed E-state index contributed by atoms with van der Waals surface area (Å²) in [4.78, 5) is 11.4. The van der Waals surface area contributed by atoms with E-state index in [9.17, 15) is 9.90 Å². The van der Waals surface area contributed by atoms with Crippen LogP contribution in [0.5, 0.6) is 5.75 Å². The number of aliphatic hydroxyl groups is 1. The predicted octanol–water partition coefficient (Wildman–Crippen LogP) is 1.28. The molecular weight excluding hydrogens is 312 g/mol. The van der Waals surface area contributed by atoms with Gasteiger partial charge in [0.1, 0.15) is 18.5 Å². The van der Waals surface area contributed by atoms with Crippen molar-refractivity contribution >= 4 is 12.0 Å². The Bertz CT molecular complexity index is 567. The Balaban J connectivity index is 2.30. The van der Waals surface area contributed by atoms with Gasteiger partial charge in [0.25, 0.3) is 0 Å². The lowest BCUT2D eigenvalue weighted by Gasteiger charge is -2.02. The summed E-state index contributed by atoms with van der Waals surface area (Å²) in [6, 6.07) is 7.30. The summed E-state index contributed by atoms with van der Waals surface area (Å²) < 4.78 is 19.8. The standard InChI is InChI=1S/C18H22O6/c1-21-11-12-23-13-14-24-18(20)10-7-16(19)6-3-15-4-8-17(22-2)9-5-15/h3-6,8-9,16,19H,11-14H2,1-2H3. The largest absolute Gasteiger partial charge is 0.497 e. The van der Waals surface area contributed by atoms with Crippen molar-refractivity contribution < 1.29 is 28.8 Å². The number of carbonyl (C=O) groups excluding carboxylic acids is 1. The molecule has 1 rings (SSSR count). The van der Waals surface area contributed by atoms with Gasteiger partial charge in [0.15, 0.2) is 0 Å². The number of hydrogen-bond acceptors (Lipinski definition) is 6. The minimum atomic E-state index is -1.06. The highest BCUT2D eigenvalue weighted by atomic mass is 16.6. The highest BCUT2D eigenvalue weighted by Crippen LogP contribution is 2.12. The van der Waals surface area contributed by atoms with E-state index in [1.165, 1.54) is 6.08 Å². The molecule has 0 spiro atoms. The van der Waals surface area contributed by atoms with Crippen molar-refractivity contribution in [2.45, 2.75) is 6.10 Å². The lowest BCUT2D eigenvalue weighted by molar-refractivity contribution is -0.138. The molecule has 1 aromatic carbocycles. The van der Waals surface area contributed by atoms with Crippen LogP contribution < -0.4 is 4.74 Å². The van der Waals surface area contributed by atoms with E-state index < -0.39 is 12.1 Å². The van der Waals surface area contributed by atoms with Crippen LogP contribution in [0.3, 0.4) is 0 Å². The van der Waals surface area contributed by atoms with Crippen LogP contribution in [0.15, 0.2) is 30.3 Å². The molecule has 1 atom stereocenters. The minimum absolute atomic E-state index is 0.106. The fourth-order valence-electron chi connectivity index (χ4n) is 1.57. The lowest BCUT2D eigenvalue weighted by Crippen LogP contribution is -2.11. The average Bonchev–Trinajstić information content (AvgIpc) is 2.61. The van der Waals surface area contributed by atoms with Crippen LogP contribution in [0.4, 0.5) is 0 Å². The number of hydrogen-bond donors (Lipinski definition) is 1. The molecule has 0 saturated heterocycles. The number of rotatable bonds is 9. The van der Waals surface area contributed by atoms with E-state index in [1.807, 2.05) is 24.3 Å². The SMILES string of the molecule is COCCOCCOC(=O)C#CC(O)C=Cc1ccc(OC)cc1. The van der Waals surface area contributed by atoms with Crippen molar-refractivity contribution in [2.24, 2.45) is 0 Å². The third kappa shape index (κ3) is 8.96. The maximum atomic E-state index is 11.4. The molecular formula is C18H22O6. The van der Waals surface area contributed by atoms with Gasteiger partial charge in [-0.3, -0.25) is 0 Å². The molecule has 6 nitrogen and oxygen atoms in total. The zero-order valence-electron chi connectivity index (χ0n) is 13.9. The van der Waals surface area contributed by atoms with Gasteiger partial charge < -0.3 is 24.1 Å². The maximum absolute atomic E-state index is 11.4. The summed E-state index contributed by atoms with van der Waals surface area (Å²) >= 11 is 0. The summed E-state index contributed by atoms with van der Waals surface area (Å²) in [7, 11) is 3.17. The van der Waals surface area contributed by atoms with E-state index in [4.69, 9.17) is 18.9 Å². The number of aliphatic hydroxyl groups excluding tert-OH is 1. The van der Waals surface area contributed by atoms with Crippen molar-refractivity contribution in [2.75, 3.05) is 40.6 Å². The van der Waals surface area contributed by atoms with Crippen LogP contribution in [0, 0.1) is 11.8 Å². The van der Waals surface area contributed by atoms with Crippen LogP contribution in [0.1, 0.15) is 5.56 Å². The van der Waals surface area contributed by atoms with Gasteiger partial charge in [-0.25, -0.2) is 4.79 Å². The summed E-state index contributed by atoms with van der Waals surface area (Å²) in [6.07, 6.45) is 2.13. The highest BCUT2D eigenvalue weighted by Gasteiger charge is 1.99. The third-order valence-electron chi connectivity index (χ3n) is 2.80. The Morgan fingerprint density at radius 2 is 1.88 bits per heavy atom. The maximum Gasteiger partial charge on any atom is 0.384 e. The first-order valence-electron chi connectivity index (χ1n) is 7.41. The quantitative estimate of drug-likeness (QED) is 0.317. The first-order chi connectivity index (χ1) is 11.7. The Hall–Kier alpha value is -2.33. The highest BCUT2D eigenvalue weighted by molar-refractivity contribution is 5.88. The van der Waals surface area contributed by atoms with E-state index in [0.29, 0.717) is 13.2 Å². The molecule has 1 N–H and O–H groups in total. The van der Waals surface area contributed by atoms with Crippen molar-refractivity contribution in [1.29, 1.82) is 0 Å². The molecule has 0 radical (unpaired) electrons. The summed E-state index contributed by atoms with van der Waals surface area (Å²) in [6.45, 7) is 1.31. The molecule has 0 amide bonds. The molecule has 0 bridgehead atoms. The molecule has 0 aliphatic carbocycles. The number of ether oxygens (including phenoxy) is 4. The molecule has 1 unspecified atom stereocenters. The van der Waals surface area contributed by atoms with Gasteiger partial charge in [-0.05, 0) is 23.8 Å². The second-order valence-electron chi connectivity index (χ2n) is 4.59. The zero-order chi connectivity index (χ0) is 17.6. The Labute approximate surface area is 142 Å². The first-order valence-corrected chi connectivity index (χ1v) is 7.41. The number of methoxy groups -OCH3 is 2. The number of carbonyl (C=O) groups is 1. The zero-order valence-corrected chi connectivity index (χ0v) is 13.9. The van der Waals surface area contributed by atoms with Crippen molar-refractivity contribution in [3.8, 4) is 17.6 Å². The molecule has 24 heavy (non-hydrogen) atoms. The fraction of sp³-hybridized carbons (Fsp3) is 0.389. The third-order valence-corrected chi connectivity index (χ3v) is 2.80. The second-order valence-corrected chi connectivity index (χ2v) is 4.59. The molecule has 6 heteroatoms. The van der Waals surface area contributed by atoms with E-state index in [2.05, 4.69) is 11.8 Å². The summed E-state index contributed by atoms with van der Waals surface area (Å²) in [5.41, 5.74) is 0.882. The Kier molecular flexibility index (Phi) is 9.97. The van der Waals surface area contributed by atoms with E-state index in [-0.39, 0.29) is 13.2 Å². The van der Waals surface area contributed by atoms with Crippen LogP contribution >= 0.6 is 0 Å². The van der Waals surface area contributed by atoms with Crippen molar-refractivity contribution in [3.63, 3.8) is 0 Å². The monoisotopic (exact) mass is 334 g/mol. The molecule has 0 saturated carbocycles. The molecule has 0 aliphatic heterocycles. The Morgan fingerprint density at radius 3 is 2.54 bits per heavy atom. The molecule has 0 heterocycles. The van der Waals surface area contributed by atoms with Gasteiger partial charge in [-0.1, -0.05) is 24.1 Å². The topological polar surface area (TPSA) is 74.2 Å². The van der Waals surface area contributed by atoms with Crippen molar-refractivity contribution in [3.05, 3.63) is 35.9 Å². The summed E-state index contributed by atoms with van der Waals surface area (Å²) in [5.74, 6) is 4.67. The van der Waals surface area contributed by atoms with Gasteiger partial charge in [0, 0.05) is 13.0 Å². The smallest absolute Gasteiger partial charge is 0.384 e. The first kappa shape index (κ1) is 19.7. The van der Waals surface area contributed by atoms with Crippen molar-refractivity contribution in [1.82, 2.24) is 0 Å². The fourth-order valence-corrected chi connectivity index (χ4v) is 1.57. The molecule has 1 aromatic rings. The van der Waals surface area contributed by atoms with Gasteiger partial charge in [0.05, 0.1) is 26.9 Å². The van der Waals surface area contributed by atoms with E-state index in [0.717, 1.165) is 11.3 Å². The molecule has 0 fully saturated rings. The summed E-state index contributed by atoms with van der Waals surface area (Å²) in [5, 5.41) is 9.70. The van der Waals surface area contributed by atoms with Gasteiger partial charge >= 0.3 is 5.97 Å². The van der Waals surface area contributed by atoms with Crippen LogP contribution in [-0.2, 0) is 19.0 Å². The molecule has 130 valence electrons. The van der Waals surface area contributed by atoms with Crippen LogP contribution in [0.25, 0.3) is 6.08 Å². The lowest BCUT2D eigenvalue weighted by atomic mass is 10.2. The second kappa shape index (κ2) is 12.1. The number of esters is 1. The van der Waals surface area contributed by atoms with Crippen LogP contribution in [-0.4, -0.2) is 57.8 Å². The average molecular weight is 334 g/mol. The van der Waals surface area contributed by atoms with Crippen LogP contribution in [0.2, 0.25) is 0 Å².